The molecule has 0 saturated heterocycles. The maximum absolute atomic E-state index is 13.4. The Morgan fingerprint density at radius 3 is 2.60 bits per heavy atom. The lowest BCUT2D eigenvalue weighted by Gasteiger charge is -2.15. The Morgan fingerprint density at radius 2 is 1.92 bits per heavy atom. The van der Waals surface area contributed by atoms with E-state index in [1.807, 2.05) is 26.0 Å². The molecule has 132 valence electrons. The zero-order valence-electron chi connectivity index (χ0n) is 13.9. The van der Waals surface area contributed by atoms with Gasteiger partial charge >= 0.3 is 5.97 Å². The zero-order valence-corrected chi connectivity index (χ0v) is 14.6. The van der Waals surface area contributed by atoms with Crippen molar-refractivity contribution < 1.29 is 23.8 Å². The van der Waals surface area contributed by atoms with E-state index in [1.165, 1.54) is 6.92 Å². The number of carbonyl (C=O) groups is 2. The number of esters is 1. The second-order valence-corrected chi connectivity index (χ2v) is 6.05. The first-order chi connectivity index (χ1) is 11.7. The summed E-state index contributed by atoms with van der Waals surface area (Å²) in [6.07, 6.45) is -1.16. The van der Waals surface area contributed by atoms with Crippen LogP contribution >= 0.6 is 11.6 Å². The molecular weight excluding hydrogens is 349 g/mol. The van der Waals surface area contributed by atoms with Crippen molar-refractivity contribution in [3.8, 4) is 5.75 Å². The Bertz CT molecular complexity index is 838. The van der Waals surface area contributed by atoms with Gasteiger partial charge in [-0.3, -0.25) is 4.79 Å². The number of amides is 1. The van der Waals surface area contributed by atoms with Crippen molar-refractivity contribution >= 4 is 29.2 Å². The fourth-order valence-electron chi connectivity index (χ4n) is 2.10. The highest BCUT2D eigenvalue weighted by atomic mass is 35.5. The summed E-state index contributed by atoms with van der Waals surface area (Å²) in [6, 6.07) is 7.21. The average Bonchev–Trinajstić information content (AvgIpc) is 2.54. The van der Waals surface area contributed by atoms with E-state index in [0.717, 1.165) is 23.3 Å². The van der Waals surface area contributed by atoms with E-state index in [0.29, 0.717) is 5.69 Å². The molecule has 25 heavy (non-hydrogen) atoms. The van der Waals surface area contributed by atoms with E-state index in [4.69, 9.17) is 16.3 Å². The van der Waals surface area contributed by atoms with Crippen LogP contribution in [0.1, 0.15) is 28.4 Å². The van der Waals surface area contributed by atoms with Gasteiger partial charge in [-0.05, 0) is 50.1 Å². The molecule has 7 heteroatoms. The minimum absolute atomic E-state index is 0.320. The van der Waals surface area contributed by atoms with Gasteiger partial charge in [0.1, 0.15) is 17.1 Å². The van der Waals surface area contributed by atoms with Gasteiger partial charge in [-0.25, -0.2) is 9.18 Å². The predicted octanol–water partition coefficient (Wildman–Crippen LogP) is 3.99. The molecule has 2 aromatic rings. The van der Waals surface area contributed by atoms with Crippen LogP contribution < -0.4 is 5.32 Å². The number of carbonyl (C=O) groups excluding carboxylic acids is 2. The second kappa shape index (κ2) is 7.53. The highest BCUT2D eigenvalue weighted by Gasteiger charge is 2.23. The summed E-state index contributed by atoms with van der Waals surface area (Å²) < 4.78 is 18.3. The molecule has 2 aromatic carbocycles. The standard InChI is InChI=1S/C18H17ClFNO4/c1-9-4-5-10(2)15(6-9)21-17(23)11(3)25-18(24)13-7-12(20)8-14(19)16(13)22/h4-8,11,22H,1-3H3,(H,21,23)/t11-/m0/s1. The molecule has 0 aliphatic carbocycles. The summed E-state index contributed by atoms with van der Waals surface area (Å²) >= 11 is 5.62. The van der Waals surface area contributed by atoms with Crippen LogP contribution in [0.2, 0.25) is 5.02 Å². The molecule has 0 bridgehead atoms. The molecule has 0 radical (unpaired) electrons. The predicted molar refractivity (Wildman–Crippen MR) is 92.5 cm³/mol. The number of rotatable bonds is 4. The van der Waals surface area contributed by atoms with Crippen molar-refractivity contribution in [2.75, 3.05) is 5.32 Å². The molecule has 0 saturated carbocycles. The molecule has 1 atom stereocenters. The van der Waals surface area contributed by atoms with Crippen molar-refractivity contribution in [1.29, 1.82) is 0 Å². The maximum atomic E-state index is 13.4. The van der Waals surface area contributed by atoms with Crippen LogP contribution in [0.15, 0.2) is 30.3 Å². The van der Waals surface area contributed by atoms with Crippen LogP contribution in [0.25, 0.3) is 0 Å². The Kier molecular flexibility index (Phi) is 5.64. The Labute approximate surface area is 149 Å². The lowest BCUT2D eigenvalue weighted by Crippen LogP contribution is -2.30. The quantitative estimate of drug-likeness (QED) is 0.803. The fourth-order valence-corrected chi connectivity index (χ4v) is 2.31. The van der Waals surface area contributed by atoms with Crippen LogP contribution in [-0.4, -0.2) is 23.1 Å². The number of ether oxygens (including phenoxy) is 1. The largest absolute Gasteiger partial charge is 0.505 e. The second-order valence-electron chi connectivity index (χ2n) is 5.64. The van der Waals surface area contributed by atoms with E-state index in [2.05, 4.69) is 5.32 Å². The highest BCUT2D eigenvalue weighted by molar-refractivity contribution is 6.32. The molecule has 1 amide bonds. The summed E-state index contributed by atoms with van der Waals surface area (Å²) in [5.74, 6) is -3.01. The van der Waals surface area contributed by atoms with Crippen molar-refractivity contribution in [3.05, 3.63) is 57.9 Å². The van der Waals surface area contributed by atoms with E-state index in [-0.39, 0.29) is 5.02 Å². The SMILES string of the molecule is Cc1ccc(C)c(NC(=O)[C@H](C)OC(=O)c2cc(F)cc(Cl)c2O)c1. The minimum Gasteiger partial charge on any atom is -0.505 e. The first-order valence-electron chi connectivity index (χ1n) is 7.46. The van der Waals surface area contributed by atoms with Gasteiger partial charge in [-0.1, -0.05) is 23.7 Å². The smallest absolute Gasteiger partial charge is 0.342 e. The molecule has 0 aliphatic rings. The third kappa shape index (κ3) is 4.48. The summed E-state index contributed by atoms with van der Waals surface area (Å²) in [6.45, 7) is 5.09. The third-order valence-corrected chi connectivity index (χ3v) is 3.84. The first-order valence-corrected chi connectivity index (χ1v) is 7.84. The van der Waals surface area contributed by atoms with Crippen molar-refractivity contribution in [2.24, 2.45) is 0 Å². The fraction of sp³-hybridized carbons (Fsp3) is 0.222. The Balaban J connectivity index is 2.11. The lowest BCUT2D eigenvalue weighted by atomic mass is 10.1. The minimum atomic E-state index is -1.16. The number of anilines is 1. The summed E-state index contributed by atoms with van der Waals surface area (Å²) in [7, 11) is 0. The van der Waals surface area contributed by atoms with E-state index >= 15 is 0 Å². The molecule has 0 heterocycles. The maximum Gasteiger partial charge on any atom is 0.342 e. The van der Waals surface area contributed by atoms with Crippen LogP contribution in [0.4, 0.5) is 10.1 Å². The van der Waals surface area contributed by atoms with E-state index < -0.39 is 35.1 Å². The molecular formula is C18H17ClFNO4. The zero-order chi connectivity index (χ0) is 18.7. The molecule has 0 aromatic heterocycles. The molecule has 0 unspecified atom stereocenters. The number of hydrogen-bond acceptors (Lipinski definition) is 4. The summed E-state index contributed by atoms with van der Waals surface area (Å²) in [4.78, 5) is 24.3. The van der Waals surface area contributed by atoms with Gasteiger partial charge in [-0.2, -0.15) is 0 Å². The number of aromatic hydroxyl groups is 1. The normalized spacial score (nSPS) is 11.7. The number of phenols is 1. The number of hydrogen-bond donors (Lipinski definition) is 2. The number of aryl methyl sites for hydroxylation is 2. The number of benzene rings is 2. The molecule has 5 nitrogen and oxygen atoms in total. The molecule has 0 fully saturated rings. The van der Waals surface area contributed by atoms with Gasteiger partial charge in [0.25, 0.3) is 5.91 Å². The number of nitrogens with one attached hydrogen (secondary N) is 1. The lowest BCUT2D eigenvalue weighted by molar-refractivity contribution is -0.123. The average molecular weight is 366 g/mol. The molecule has 0 aliphatic heterocycles. The van der Waals surface area contributed by atoms with Crippen LogP contribution in [0, 0.1) is 19.7 Å². The summed E-state index contributed by atoms with van der Waals surface area (Å²) in [5, 5.41) is 12.1. The number of halogens is 2. The first kappa shape index (κ1) is 18.7. The van der Waals surface area contributed by atoms with Crippen molar-refractivity contribution in [2.45, 2.75) is 26.9 Å². The van der Waals surface area contributed by atoms with E-state index in [9.17, 15) is 19.1 Å². The molecule has 2 rings (SSSR count). The van der Waals surface area contributed by atoms with Gasteiger partial charge in [-0.15, -0.1) is 0 Å². The van der Waals surface area contributed by atoms with Gasteiger partial charge in [0.05, 0.1) is 5.02 Å². The Morgan fingerprint density at radius 1 is 1.24 bits per heavy atom. The third-order valence-electron chi connectivity index (χ3n) is 3.55. The van der Waals surface area contributed by atoms with Crippen LogP contribution in [-0.2, 0) is 9.53 Å². The van der Waals surface area contributed by atoms with Gasteiger partial charge in [0, 0.05) is 5.69 Å². The molecule has 0 spiro atoms. The molecule has 2 N–H and O–H groups in total. The van der Waals surface area contributed by atoms with Crippen molar-refractivity contribution in [1.82, 2.24) is 0 Å². The van der Waals surface area contributed by atoms with Gasteiger partial charge < -0.3 is 15.2 Å². The van der Waals surface area contributed by atoms with Crippen molar-refractivity contribution in [3.63, 3.8) is 0 Å². The highest BCUT2D eigenvalue weighted by Crippen LogP contribution is 2.29. The van der Waals surface area contributed by atoms with Gasteiger partial charge in [0.15, 0.2) is 6.10 Å². The van der Waals surface area contributed by atoms with Gasteiger partial charge in [0.2, 0.25) is 0 Å². The topological polar surface area (TPSA) is 75.6 Å². The van der Waals surface area contributed by atoms with E-state index in [1.54, 1.807) is 6.07 Å². The summed E-state index contributed by atoms with van der Waals surface area (Å²) in [5.41, 5.74) is 1.97. The monoisotopic (exact) mass is 365 g/mol. The number of phenolic OH excluding ortho intramolecular Hbond substituents is 1. The van der Waals surface area contributed by atoms with Crippen LogP contribution in [0.3, 0.4) is 0 Å². The van der Waals surface area contributed by atoms with Crippen LogP contribution in [0.5, 0.6) is 5.75 Å². The Hall–Kier alpha value is -2.60.